The minimum Gasteiger partial charge on any atom is -0.497 e. The fourth-order valence-electron chi connectivity index (χ4n) is 1.38. The zero-order valence-electron chi connectivity index (χ0n) is 9.99. The lowest BCUT2D eigenvalue weighted by molar-refractivity contribution is -0.129. The summed E-state index contributed by atoms with van der Waals surface area (Å²) in [4.78, 5) is 13.2. The van der Waals surface area contributed by atoms with Gasteiger partial charge in [0.25, 0.3) is 0 Å². The van der Waals surface area contributed by atoms with E-state index in [4.69, 9.17) is 4.74 Å². The van der Waals surface area contributed by atoms with Gasteiger partial charge in [-0.2, -0.15) is 0 Å². The maximum Gasteiger partial charge on any atom is 0.236 e. The maximum absolute atomic E-state index is 11.5. The molecule has 0 heterocycles. The number of likely N-dealkylation sites (N-methyl/N-ethyl adjacent to an activating group) is 2. The van der Waals surface area contributed by atoms with Crippen LogP contribution in [0.2, 0.25) is 0 Å². The molecule has 1 aromatic rings. The highest BCUT2D eigenvalue weighted by molar-refractivity contribution is 5.77. The number of nitrogens with one attached hydrogen (secondary N) is 1. The van der Waals surface area contributed by atoms with Crippen LogP contribution in [0.1, 0.15) is 5.56 Å². The van der Waals surface area contributed by atoms with Crippen LogP contribution in [0.25, 0.3) is 0 Å². The lowest BCUT2D eigenvalue weighted by Gasteiger charge is -2.17. The number of methoxy groups -OCH3 is 1. The molecule has 0 aliphatic rings. The second kappa shape index (κ2) is 6.12. The van der Waals surface area contributed by atoms with Crippen molar-refractivity contribution in [3.05, 3.63) is 29.8 Å². The molecule has 0 bridgehead atoms. The number of hydrogen-bond donors (Lipinski definition) is 1. The van der Waals surface area contributed by atoms with E-state index < -0.39 is 0 Å². The predicted molar refractivity (Wildman–Crippen MR) is 63.4 cm³/mol. The first-order valence-corrected chi connectivity index (χ1v) is 5.19. The second-order valence-corrected chi connectivity index (χ2v) is 3.63. The molecule has 0 unspecified atom stereocenters. The molecule has 1 rings (SSSR count). The summed E-state index contributed by atoms with van der Waals surface area (Å²) >= 11 is 0. The number of carbonyl (C=O) groups excluding carboxylic acids is 1. The van der Waals surface area contributed by atoms with Crippen molar-refractivity contribution in [3.63, 3.8) is 0 Å². The first kappa shape index (κ1) is 12.5. The van der Waals surface area contributed by atoms with Crippen LogP contribution in [-0.4, -0.2) is 38.6 Å². The largest absolute Gasteiger partial charge is 0.497 e. The molecule has 88 valence electrons. The Balaban J connectivity index is 2.55. The van der Waals surface area contributed by atoms with Gasteiger partial charge in [0.2, 0.25) is 5.91 Å². The molecule has 0 saturated heterocycles. The molecule has 0 aliphatic carbocycles. The van der Waals surface area contributed by atoms with Gasteiger partial charge in [-0.3, -0.25) is 4.79 Å². The van der Waals surface area contributed by atoms with E-state index in [0.717, 1.165) is 11.3 Å². The van der Waals surface area contributed by atoms with Crippen LogP contribution in [0, 0.1) is 0 Å². The SMILES string of the molecule is CNCC(=O)N(C)Cc1ccc(OC)cc1. The molecule has 1 N–H and O–H groups in total. The third-order valence-corrected chi connectivity index (χ3v) is 2.33. The van der Waals surface area contributed by atoms with E-state index in [1.165, 1.54) is 0 Å². The molecular weight excluding hydrogens is 204 g/mol. The van der Waals surface area contributed by atoms with Crippen LogP contribution < -0.4 is 10.1 Å². The molecule has 1 aromatic carbocycles. The summed E-state index contributed by atoms with van der Waals surface area (Å²) in [5.74, 6) is 0.909. The molecule has 0 aliphatic heterocycles. The summed E-state index contributed by atoms with van der Waals surface area (Å²) in [6.07, 6.45) is 0. The normalized spacial score (nSPS) is 9.94. The molecule has 0 fully saturated rings. The summed E-state index contributed by atoms with van der Waals surface area (Å²) < 4.78 is 5.07. The molecular formula is C12H18N2O2. The van der Waals surface area contributed by atoms with Gasteiger partial charge in [-0.15, -0.1) is 0 Å². The first-order chi connectivity index (χ1) is 7.67. The molecule has 0 atom stereocenters. The van der Waals surface area contributed by atoms with E-state index in [0.29, 0.717) is 13.1 Å². The molecule has 0 spiro atoms. The Morgan fingerprint density at radius 3 is 2.50 bits per heavy atom. The minimum absolute atomic E-state index is 0.0818. The lowest BCUT2D eigenvalue weighted by atomic mass is 10.2. The highest BCUT2D eigenvalue weighted by Crippen LogP contribution is 2.12. The fourth-order valence-corrected chi connectivity index (χ4v) is 1.38. The van der Waals surface area contributed by atoms with E-state index in [2.05, 4.69) is 5.32 Å². The summed E-state index contributed by atoms with van der Waals surface area (Å²) in [6.45, 7) is 0.983. The van der Waals surface area contributed by atoms with E-state index >= 15 is 0 Å². The van der Waals surface area contributed by atoms with Crippen LogP contribution in [0.4, 0.5) is 0 Å². The van der Waals surface area contributed by atoms with Crippen LogP contribution in [0.5, 0.6) is 5.75 Å². The third kappa shape index (κ3) is 3.55. The Morgan fingerprint density at radius 1 is 1.38 bits per heavy atom. The molecule has 0 radical (unpaired) electrons. The Hall–Kier alpha value is -1.55. The van der Waals surface area contributed by atoms with Crippen molar-refractivity contribution in [2.24, 2.45) is 0 Å². The summed E-state index contributed by atoms with van der Waals surface area (Å²) in [7, 11) is 5.20. The summed E-state index contributed by atoms with van der Waals surface area (Å²) in [6, 6.07) is 7.71. The molecule has 0 aromatic heterocycles. The predicted octanol–water partition coefficient (Wildman–Crippen LogP) is 0.873. The number of ether oxygens (including phenoxy) is 1. The summed E-state index contributed by atoms with van der Waals surface area (Å²) in [5.41, 5.74) is 1.09. The Labute approximate surface area is 96.2 Å². The van der Waals surface area contributed by atoms with Crippen molar-refractivity contribution in [1.29, 1.82) is 0 Å². The van der Waals surface area contributed by atoms with Crippen molar-refractivity contribution in [3.8, 4) is 5.75 Å². The Kier molecular flexibility index (Phi) is 4.79. The lowest BCUT2D eigenvalue weighted by Crippen LogP contribution is -2.33. The zero-order chi connectivity index (χ0) is 12.0. The van der Waals surface area contributed by atoms with Crippen molar-refractivity contribution in [2.75, 3.05) is 27.7 Å². The maximum atomic E-state index is 11.5. The highest BCUT2D eigenvalue weighted by Gasteiger charge is 2.07. The second-order valence-electron chi connectivity index (χ2n) is 3.63. The van der Waals surface area contributed by atoms with E-state index in [-0.39, 0.29) is 5.91 Å². The van der Waals surface area contributed by atoms with Gasteiger partial charge in [0.05, 0.1) is 13.7 Å². The number of amides is 1. The Morgan fingerprint density at radius 2 is 2.00 bits per heavy atom. The number of nitrogens with zero attached hydrogens (tertiary/aromatic N) is 1. The highest BCUT2D eigenvalue weighted by atomic mass is 16.5. The first-order valence-electron chi connectivity index (χ1n) is 5.19. The average Bonchev–Trinajstić information content (AvgIpc) is 2.30. The van der Waals surface area contributed by atoms with Gasteiger partial charge in [0.15, 0.2) is 0 Å². The van der Waals surface area contributed by atoms with Crippen molar-refractivity contribution >= 4 is 5.91 Å². The fraction of sp³-hybridized carbons (Fsp3) is 0.417. The van der Waals surface area contributed by atoms with Gasteiger partial charge in [-0.1, -0.05) is 12.1 Å². The quantitative estimate of drug-likeness (QED) is 0.804. The van der Waals surface area contributed by atoms with Crippen molar-refractivity contribution < 1.29 is 9.53 Å². The Bertz CT molecular complexity index is 335. The van der Waals surface area contributed by atoms with E-state index in [1.807, 2.05) is 24.3 Å². The standard InChI is InChI=1S/C12H18N2O2/c1-13-8-12(15)14(2)9-10-4-6-11(16-3)7-5-10/h4-7,13H,8-9H2,1-3H3. The van der Waals surface area contributed by atoms with Crippen molar-refractivity contribution in [1.82, 2.24) is 10.2 Å². The number of hydrogen-bond acceptors (Lipinski definition) is 3. The van der Waals surface area contributed by atoms with Crippen molar-refractivity contribution in [2.45, 2.75) is 6.54 Å². The van der Waals surface area contributed by atoms with Gasteiger partial charge in [0, 0.05) is 13.6 Å². The molecule has 4 nitrogen and oxygen atoms in total. The van der Waals surface area contributed by atoms with E-state index in [1.54, 1.807) is 26.1 Å². The molecule has 0 saturated carbocycles. The molecule has 4 heteroatoms. The third-order valence-electron chi connectivity index (χ3n) is 2.33. The number of benzene rings is 1. The monoisotopic (exact) mass is 222 g/mol. The van der Waals surface area contributed by atoms with Crippen LogP contribution in [-0.2, 0) is 11.3 Å². The summed E-state index contributed by atoms with van der Waals surface area (Å²) in [5, 5.41) is 2.84. The van der Waals surface area contributed by atoms with Gasteiger partial charge in [0.1, 0.15) is 5.75 Å². The zero-order valence-corrected chi connectivity index (χ0v) is 9.99. The number of carbonyl (C=O) groups is 1. The minimum atomic E-state index is 0.0818. The average molecular weight is 222 g/mol. The molecule has 1 amide bonds. The van der Waals surface area contributed by atoms with Crippen LogP contribution in [0.3, 0.4) is 0 Å². The van der Waals surface area contributed by atoms with Gasteiger partial charge < -0.3 is 15.0 Å². The van der Waals surface area contributed by atoms with Crippen LogP contribution in [0.15, 0.2) is 24.3 Å². The van der Waals surface area contributed by atoms with Gasteiger partial charge in [-0.05, 0) is 24.7 Å². The smallest absolute Gasteiger partial charge is 0.236 e. The van der Waals surface area contributed by atoms with Gasteiger partial charge >= 0.3 is 0 Å². The number of rotatable bonds is 5. The topological polar surface area (TPSA) is 41.6 Å². The molecule has 16 heavy (non-hydrogen) atoms. The van der Waals surface area contributed by atoms with Gasteiger partial charge in [-0.25, -0.2) is 0 Å². The van der Waals surface area contributed by atoms with E-state index in [9.17, 15) is 4.79 Å². The van der Waals surface area contributed by atoms with Crippen LogP contribution >= 0.6 is 0 Å².